The van der Waals surface area contributed by atoms with Crippen LogP contribution in [0.2, 0.25) is 0 Å². The van der Waals surface area contributed by atoms with Crippen molar-refractivity contribution < 1.29 is 19.1 Å². The summed E-state index contributed by atoms with van der Waals surface area (Å²) in [6.07, 6.45) is 0.474. The first-order chi connectivity index (χ1) is 14.0. The summed E-state index contributed by atoms with van der Waals surface area (Å²) in [6.45, 7) is 2.16. The van der Waals surface area contributed by atoms with E-state index >= 15 is 0 Å². The van der Waals surface area contributed by atoms with Crippen LogP contribution in [0.25, 0.3) is 10.8 Å². The van der Waals surface area contributed by atoms with E-state index in [1.54, 1.807) is 6.07 Å². The molecule has 1 N–H and O–H groups in total. The zero-order valence-corrected chi connectivity index (χ0v) is 16.8. The topological polar surface area (TPSA) is 77.5 Å². The number of benzene rings is 2. The lowest BCUT2D eigenvalue weighted by Gasteiger charge is -2.16. The molecule has 6 heteroatoms. The van der Waals surface area contributed by atoms with Crippen LogP contribution in [0.5, 0.6) is 5.88 Å². The highest BCUT2D eigenvalue weighted by molar-refractivity contribution is 5.98. The van der Waals surface area contributed by atoms with Gasteiger partial charge in [0, 0.05) is 11.9 Å². The van der Waals surface area contributed by atoms with Crippen LogP contribution in [0.4, 0.5) is 0 Å². The predicted octanol–water partition coefficient (Wildman–Crippen LogP) is 3.31. The Morgan fingerprint density at radius 1 is 1.07 bits per heavy atom. The summed E-state index contributed by atoms with van der Waals surface area (Å²) in [4.78, 5) is 29.2. The molecule has 1 unspecified atom stereocenters. The number of carbonyl (C=O) groups is 2. The minimum Gasteiger partial charge on any atom is -0.481 e. The molecule has 3 aromatic rings. The summed E-state index contributed by atoms with van der Waals surface area (Å²) in [5.74, 6) is -0.840. The number of amides is 1. The highest BCUT2D eigenvalue weighted by atomic mass is 16.5. The molecule has 29 heavy (non-hydrogen) atoms. The van der Waals surface area contributed by atoms with E-state index in [1.807, 2.05) is 55.5 Å². The first-order valence-corrected chi connectivity index (χ1v) is 9.37. The largest absolute Gasteiger partial charge is 0.481 e. The van der Waals surface area contributed by atoms with Gasteiger partial charge in [-0.1, -0.05) is 48.0 Å². The van der Waals surface area contributed by atoms with Gasteiger partial charge in [-0.25, -0.2) is 4.98 Å². The van der Waals surface area contributed by atoms with Crippen LogP contribution in [0.3, 0.4) is 0 Å². The number of methoxy groups -OCH3 is 2. The Morgan fingerprint density at radius 2 is 1.79 bits per heavy atom. The van der Waals surface area contributed by atoms with Crippen molar-refractivity contribution in [3.8, 4) is 5.88 Å². The lowest BCUT2D eigenvalue weighted by molar-refractivity contribution is -0.145. The third kappa shape index (κ3) is 4.90. The van der Waals surface area contributed by atoms with Gasteiger partial charge in [0.25, 0.3) is 5.91 Å². The molecule has 2 aromatic carbocycles. The Bertz CT molecular complexity index is 1020. The lowest BCUT2D eigenvalue weighted by Crippen LogP contribution is -2.35. The van der Waals surface area contributed by atoms with Crippen LogP contribution in [0.15, 0.2) is 54.6 Å². The molecule has 1 amide bonds. The number of nitrogens with zero attached hydrogens (tertiary/aromatic N) is 1. The molecule has 0 saturated carbocycles. The number of fused-ring (bicyclic) bond motifs is 1. The maximum Gasteiger partial charge on any atom is 0.310 e. The molecule has 6 nitrogen and oxygen atoms in total. The molecule has 150 valence electrons. The van der Waals surface area contributed by atoms with Crippen LogP contribution < -0.4 is 10.1 Å². The zero-order valence-electron chi connectivity index (χ0n) is 16.8. The Kier molecular flexibility index (Phi) is 6.44. The molecule has 1 aromatic heterocycles. The quantitative estimate of drug-likeness (QED) is 0.624. The van der Waals surface area contributed by atoms with Crippen molar-refractivity contribution in [3.63, 3.8) is 0 Å². The van der Waals surface area contributed by atoms with Gasteiger partial charge < -0.3 is 14.8 Å². The van der Waals surface area contributed by atoms with Crippen molar-refractivity contribution >= 4 is 22.6 Å². The van der Waals surface area contributed by atoms with Crippen LogP contribution >= 0.6 is 0 Å². The number of aryl methyl sites for hydroxylation is 1. The molecular formula is C23H24N2O4. The SMILES string of the molecule is COC(=O)C(CNC(=O)c1cc2ccccc2c(OC)n1)Cc1ccc(C)cc1. The van der Waals surface area contributed by atoms with Crippen LogP contribution in [0, 0.1) is 12.8 Å². The van der Waals surface area contributed by atoms with Crippen LogP contribution in [-0.2, 0) is 16.0 Å². The van der Waals surface area contributed by atoms with Crippen molar-refractivity contribution in [2.24, 2.45) is 5.92 Å². The maximum absolute atomic E-state index is 12.7. The van der Waals surface area contributed by atoms with Gasteiger partial charge in [0.1, 0.15) is 5.69 Å². The smallest absolute Gasteiger partial charge is 0.310 e. The summed E-state index contributed by atoms with van der Waals surface area (Å²) in [6, 6.07) is 17.2. The Hall–Kier alpha value is -3.41. The second-order valence-corrected chi connectivity index (χ2v) is 6.86. The number of esters is 1. The van der Waals surface area contributed by atoms with Crippen molar-refractivity contribution in [2.75, 3.05) is 20.8 Å². The standard InChI is InChI=1S/C23H24N2O4/c1-15-8-10-16(11-9-15)12-18(23(27)29-3)14-24-21(26)20-13-17-6-4-5-7-19(17)22(25-20)28-2/h4-11,13,18H,12,14H2,1-3H3,(H,24,26). The molecule has 0 saturated heterocycles. The highest BCUT2D eigenvalue weighted by Gasteiger charge is 2.22. The van der Waals surface area contributed by atoms with E-state index in [1.165, 1.54) is 14.2 Å². The predicted molar refractivity (Wildman–Crippen MR) is 111 cm³/mol. The molecule has 0 spiro atoms. The number of carbonyl (C=O) groups excluding carboxylic acids is 2. The fourth-order valence-corrected chi connectivity index (χ4v) is 3.16. The van der Waals surface area contributed by atoms with Crippen molar-refractivity contribution in [3.05, 3.63) is 71.4 Å². The first-order valence-electron chi connectivity index (χ1n) is 9.37. The van der Waals surface area contributed by atoms with Crippen molar-refractivity contribution in [2.45, 2.75) is 13.3 Å². The summed E-state index contributed by atoms with van der Waals surface area (Å²) in [5.41, 5.74) is 2.39. The summed E-state index contributed by atoms with van der Waals surface area (Å²) in [7, 11) is 2.87. The van der Waals surface area contributed by atoms with E-state index in [9.17, 15) is 9.59 Å². The van der Waals surface area contributed by atoms with Gasteiger partial charge in [-0.3, -0.25) is 9.59 Å². The Labute approximate surface area is 169 Å². The monoisotopic (exact) mass is 392 g/mol. The molecule has 0 fully saturated rings. The number of hydrogen-bond acceptors (Lipinski definition) is 5. The molecule has 0 aliphatic heterocycles. The second-order valence-electron chi connectivity index (χ2n) is 6.86. The molecule has 0 aliphatic rings. The fourth-order valence-electron chi connectivity index (χ4n) is 3.16. The minimum absolute atomic E-state index is 0.149. The van der Waals surface area contributed by atoms with E-state index in [2.05, 4.69) is 10.3 Å². The van der Waals surface area contributed by atoms with Crippen molar-refractivity contribution in [1.29, 1.82) is 0 Å². The van der Waals surface area contributed by atoms with E-state index in [4.69, 9.17) is 9.47 Å². The molecule has 0 aliphatic carbocycles. The number of nitrogens with one attached hydrogen (secondary N) is 1. The number of hydrogen-bond donors (Lipinski definition) is 1. The molecule has 1 atom stereocenters. The average Bonchev–Trinajstić information content (AvgIpc) is 2.76. The summed E-state index contributed by atoms with van der Waals surface area (Å²) in [5, 5.41) is 4.49. The van der Waals surface area contributed by atoms with E-state index in [-0.39, 0.29) is 24.1 Å². The van der Waals surface area contributed by atoms with Gasteiger partial charge in [-0.15, -0.1) is 0 Å². The van der Waals surface area contributed by atoms with Gasteiger partial charge in [-0.2, -0.15) is 0 Å². The van der Waals surface area contributed by atoms with E-state index in [0.29, 0.717) is 12.3 Å². The minimum atomic E-state index is -0.492. The molecular weight excluding hydrogens is 368 g/mol. The number of aromatic nitrogens is 1. The van der Waals surface area contributed by atoms with E-state index < -0.39 is 5.92 Å². The molecule has 0 bridgehead atoms. The van der Waals surface area contributed by atoms with Crippen molar-refractivity contribution in [1.82, 2.24) is 10.3 Å². The van der Waals surface area contributed by atoms with E-state index in [0.717, 1.165) is 21.9 Å². The molecule has 0 radical (unpaired) electrons. The van der Waals surface area contributed by atoms with Gasteiger partial charge in [0.05, 0.1) is 20.1 Å². The van der Waals surface area contributed by atoms with Gasteiger partial charge in [0.15, 0.2) is 0 Å². The third-order valence-electron chi connectivity index (χ3n) is 4.78. The normalized spacial score (nSPS) is 11.7. The number of pyridine rings is 1. The van der Waals surface area contributed by atoms with Crippen LogP contribution in [-0.4, -0.2) is 37.6 Å². The lowest BCUT2D eigenvalue weighted by atomic mass is 9.98. The van der Waals surface area contributed by atoms with Gasteiger partial charge in [-0.05, 0) is 36.4 Å². The summed E-state index contributed by atoms with van der Waals surface area (Å²) >= 11 is 0. The maximum atomic E-state index is 12.7. The fraction of sp³-hybridized carbons (Fsp3) is 0.261. The van der Waals surface area contributed by atoms with Crippen LogP contribution in [0.1, 0.15) is 21.6 Å². The zero-order chi connectivity index (χ0) is 20.8. The third-order valence-corrected chi connectivity index (χ3v) is 4.78. The van der Waals surface area contributed by atoms with Gasteiger partial charge in [0.2, 0.25) is 5.88 Å². The average molecular weight is 392 g/mol. The molecule has 3 rings (SSSR count). The Morgan fingerprint density at radius 3 is 2.48 bits per heavy atom. The summed E-state index contributed by atoms with van der Waals surface area (Å²) < 4.78 is 10.2. The first kappa shape index (κ1) is 20.3. The van der Waals surface area contributed by atoms with Gasteiger partial charge >= 0.3 is 5.97 Å². The second kappa shape index (κ2) is 9.19. The number of ether oxygens (including phenoxy) is 2. The Balaban J connectivity index is 1.75. The number of rotatable bonds is 7. The molecule has 1 heterocycles. The highest BCUT2D eigenvalue weighted by Crippen LogP contribution is 2.24.